The molecule has 2 aromatic rings. The monoisotopic (exact) mass is 394 g/mol. The van der Waals surface area contributed by atoms with Gasteiger partial charge in [0, 0.05) is 38.6 Å². The third-order valence-corrected chi connectivity index (χ3v) is 5.59. The molecule has 2 N–H and O–H groups in total. The fourth-order valence-electron chi connectivity index (χ4n) is 3.88. The van der Waals surface area contributed by atoms with Crippen molar-refractivity contribution in [1.82, 2.24) is 14.0 Å². The van der Waals surface area contributed by atoms with Gasteiger partial charge in [0.15, 0.2) is 0 Å². The maximum Gasteiger partial charge on any atom is 0.329 e. The molecule has 0 aliphatic carbocycles. The molecule has 1 aliphatic heterocycles. The van der Waals surface area contributed by atoms with Crippen LogP contribution in [0, 0.1) is 5.41 Å². The first kappa shape index (κ1) is 21.5. The third-order valence-electron chi connectivity index (χ3n) is 5.59. The van der Waals surface area contributed by atoms with Gasteiger partial charge in [0.25, 0.3) is 0 Å². The molecule has 1 aliphatic rings. The number of aromatic nitrogens is 2. The number of halogens is 1. The van der Waals surface area contributed by atoms with E-state index in [9.17, 15) is 9.59 Å². The second-order valence-corrected chi connectivity index (χ2v) is 8.02. The maximum atomic E-state index is 12.8. The Hall–Kier alpha value is -1.79. The number of nitrogens with two attached hydrogens (primary N) is 1. The molecular formula is C20H31ClN4O2. The minimum absolute atomic E-state index is 0. The second-order valence-electron chi connectivity index (χ2n) is 8.02. The third kappa shape index (κ3) is 4.22. The quantitative estimate of drug-likeness (QED) is 0.847. The van der Waals surface area contributed by atoms with Crippen LogP contribution in [0.1, 0.15) is 40.0 Å². The Bertz CT molecular complexity index is 855. The summed E-state index contributed by atoms with van der Waals surface area (Å²) in [5.41, 5.74) is 7.92. The van der Waals surface area contributed by atoms with Crippen molar-refractivity contribution in [1.29, 1.82) is 0 Å². The molecule has 27 heavy (non-hydrogen) atoms. The van der Waals surface area contributed by atoms with Crippen molar-refractivity contribution in [3.8, 4) is 0 Å². The largest absolute Gasteiger partial charge is 0.342 e. The van der Waals surface area contributed by atoms with Gasteiger partial charge in [0.2, 0.25) is 5.91 Å². The molecule has 0 radical (unpaired) electrons. The summed E-state index contributed by atoms with van der Waals surface area (Å²) in [7, 11) is 0. The molecule has 1 fully saturated rings. The van der Waals surface area contributed by atoms with Crippen molar-refractivity contribution in [2.24, 2.45) is 11.1 Å². The number of amides is 1. The molecule has 6 nitrogen and oxygen atoms in total. The number of para-hydroxylation sites is 2. The molecule has 2 heterocycles. The van der Waals surface area contributed by atoms with Gasteiger partial charge in [0.1, 0.15) is 0 Å². The standard InChI is InChI=1S/C20H30N4O2.ClH/c1-4-11-23-15-7-5-6-8-16(15)24(19(23)26)13-10-18(25)22-12-9-17(21)20(2,3)14-22;/h5-8,17H,4,9-14,21H2,1-3H3;1H. The minimum atomic E-state index is -0.0676. The number of carbonyl (C=O) groups excluding carboxylic acids is 1. The summed E-state index contributed by atoms with van der Waals surface area (Å²) in [5, 5.41) is 0. The zero-order valence-electron chi connectivity index (χ0n) is 16.5. The van der Waals surface area contributed by atoms with Crippen molar-refractivity contribution < 1.29 is 4.79 Å². The van der Waals surface area contributed by atoms with Crippen LogP contribution in [0.3, 0.4) is 0 Å². The Morgan fingerprint density at radius 3 is 2.33 bits per heavy atom. The predicted octanol–water partition coefficient (Wildman–Crippen LogP) is 2.61. The first-order valence-corrected chi connectivity index (χ1v) is 9.56. The summed E-state index contributed by atoms with van der Waals surface area (Å²) >= 11 is 0. The summed E-state index contributed by atoms with van der Waals surface area (Å²) in [6.07, 6.45) is 2.07. The number of benzene rings is 1. The number of likely N-dealkylation sites (tertiary alicyclic amines) is 1. The van der Waals surface area contributed by atoms with E-state index in [1.807, 2.05) is 33.7 Å². The first-order valence-electron chi connectivity index (χ1n) is 9.56. The number of nitrogens with zero attached hydrogens (tertiary/aromatic N) is 3. The van der Waals surface area contributed by atoms with Gasteiger partial charge < -0.3 is 10.6 Å². The number of carbonyl (C=O) groups is 1. The average Bonchev–Trinajstić information content (AvgIpc) is 2.87. The van der Waals surface area contributed by atoms with Gasteiger partial charge in [-0.25, -0.2) is 4.79 Å². The van der Waals surface area contributed by atoms with Crippen molar-refractivity contribution in [2.45, 2.75) is 59.2 Å². The van der Waals surface area contributed by atoms with E-state index in [-0.39, 0.29) is 35.5 Å². The van der Waals surface area contributed by atoms with Gasteiger partial charge in [0.05, 0.1) is 11.0 Å². The Morgan fingerprint density at radius 1 is 1.19 bits per heavy atom. The van der Waals surface area contributed by atoms with E-state index in [0.29, 0.717) is 32.6 Å². The van der Waals surface area contributed by atoms with E-state index in [4.69, 9.17) is 5.73 Å². The van der Waals surface area contributed by atoms with Crippen molar-refractivity contribution in [3.63, 3.8) is 0 Å². The molecular weight excluding hydrogens is 364 g/mol. The van der Waals surface area contributed by atoms with Crippen LogP contribution >= 0.6 is 12.4 Å². The van der Waals surface area contributed by atoms with E-state index in [2.05, 4.69) is 20.8 Å². The highest BCUT2D eigenvalue weighted by molar-refractivity contribution is 5.85. The molecule has 1 saturated heterocycles. The van der Waals surface area contributed by atoms with Crippen molar-refractivity contribution in [3.05, 3.63) is 34.7 Å². The van der Waals surface area contributed by atoms with Crippen molar-refractivity contribution in [2.75, 3.05) is 13.1 Å². The van der Waals surface area contributed by atoms with Crippen molar-refractivity contribution >= 4 is 29.3 Å². The van der Waals surface area contributed by atoms with Crippen LogP contribution in [0.15, 0.2) is 29.1 Å². The highest BCUT2D eigenvalue weighted by atomic mass is 35.5. The van der Waals surface area contributed by atoms with Gasteiger partial charge in [-0.05, 0) is 30.4 Å². The summed E-state index contributed by atoms with van der Waals surface area (Å²) in [5.74, 6) is 0.101. The number of fused-ring (bicyclic) bond motifs is 1. The lowest BCUT2D eigenvalue weighted by atomic mass is 9.79. The Labute approximate surface area is 166 Å². The van der Waals surface area contributed by atoms with Gasteiger partial charge in [-0.15, -0.1) is 12.4 Å². The lowest BCUT2D eigenvalue weighted by Crippen LogP contribution is -2.54. The van der Waals surface area contributed by atoms with Gasteiger partial charge in [-0.2, -0.15) is 0 Å². The zero-order valence-corrected chi connectivity index (χ0v) is 17.3. The molecule has 0 spiro atoms. The fraction of sp³-hybridized carbons (Fsp3) is 0.600. The lowest BCUT2D eigenvalue weighted by Gasteiger charge is -2.42. The van der Waals surface area contributed by atoms with E-state index < -0.39 is 0 Å². The van der Waals surface area contributed by atoms with Gasteiger partial charge in [-0.1, -0.05) is 32.9 Å². The molecule has 1 unspecified atom stereocenters. The van der Waals surface area contributed by atoms with Crippen LogP contribution in [0.25, 0.3) is 11.0 Å². The van der Waals surface area contributed by atoms with Crippen LogP contribution in [0.2, 0.25) is 0 Å². The molecule has 0 bridgehead atoms. The molecule has 7 heteroatoms. The topological polar surface area (TPSA) is 73.3 Å². The lowest BCUT2D eigenvalue weighted by molar-refractivity contribution is -0.134. The van der Waals surface area contributed by atoms with Crippen LogP contribution in [0.5, 0.6) is 0 Å². The molecule has 1 amide bonds. The first-order chi connectivity index (χ1) is 12.3. The number of piperidine rings is 1. The number of hydrogen-bond acceptors (Lipinski definition) is 3. The molecule has 1 atom stereocenters. The Morgan fingerprint density at radius 2 is 1.78 bits per heavy atom. The second kappa shape index (κ2) is 8.48. The van der Waals surface area contributed by atoms with E-state index in [1.165, 1.54) is 0 Å². The number of aryl methyl sites for hydroxylation is 2. The average molecular weight is 395 g/mol. The van der Waals surface area contributed by atoms with Gasteiger partial charge >= 0.3 is 5.69 Å². The summed E-state index contributed by atoms with van der Waals surface area (Å²) in [6.45, 7) is 8.77. The predicted molar refractivity (Wildman–Crippen MR) is 111 cm³/mol. The minimum Gasteiger partial charge on any atom is -0.342 e. The highest BCUT2D eigenvalue weighted by Gasteiger charge is 2.35. The van der Waals surface area contributed by atoms with E-state index in [0.717, 1.165) is 23.9 Å². The summed E-state index contributed by atoms with van der Waals surface area (Å²) in [4.78, 5) is 27.4. The SMILES string of the molecule is CCCn1c(=O)n(CCC(=O)N2CCC(N)C(C)(C)C2)c2ccccc21.Cl. The number of rotatable bonds is 5. The van der Waals surface area contributed by atoms with Crippen LogP contribution in [-0.4, -0.2) is 39.1 Å². The van der Waals surface area contributed by atoms with Crippen LogP contribution < -0.4 is 11.4 Å². The summed E-state index contributed by atoms with van der Waals surface area (Å²) in [6, 6.07) is 7.93. The summed E-state index contributed by atoms with van der Waals surface area (Å²) < 4.78 is 3.55. The zero-order chi connectivity index (χ0) is 18.9. The molecule has 150 valence electrons. The van der Waals surface area contributed by atoms with E-state index >= 15 is 0 Å². The Balaban J connectivity index is 0.00000261. The normalized spacial score (nSPS) is 19.1. The molecule has 1 aromatic heterocycles. The molecule has 3 rings (SSSR count). The van der Waals surface area contributed by atoms with Crippen LogP contribution in [0.4, 0.5) is 0 Å². The fourth-order valence-corrected chi connectivity index (χ4v) is 3.88. The number of hydrogen-bond donors (Lipinski definition) is 1. The van der Waals surface area contributed by atoms with Crippen LogP contribution in [-0.2, 0) is 17.9 Å². The van der Waals surface area contributed by atoms with Gasteiger partial charge in [-0.3, -0.25) is 13.9 Å². The smallest absolute Gasteiger partial charge is 0.329 e. The highest BCUT2D eigenvalue weighted by Crippen LogP contribution is 2.28. The van der Waals surface area contributed by atoms with E-state index in [1.54, 1.807) is 4.57 Å². The maximum absolute atomic E-state index is 12.8. The Kier molecular flexibility index (Phi) is 6.76. The number of imidazole rings is 1. The molecule has 1 aromatic carbocycles. The molecule has 0 saturated carbocycles.